The maximum absolute atomic E-state index is 11.8. The highest BCUT2D eigenvalue weighted by molar-refractivity contribution is 6.30. The number of carboxylic acids is 1. The fourth-order valence-electron chi connectivity index (χ4n) is 1.68. The Morgan fingerprint density at radius 2 is 2.05 bits per heavy atom. The van der Waals surface area contributed by atoms with Crippen LogP contribution in [0.25, 0.3) is 0 Å². The Balaban J connectivity index is 2.47. The van der Waals surface area contributed by atoms with Gasteiger partial charge in [-0.3, -0.25) is 14.5 Å². The van der Waals surface area contributed by atoms with Crippen LogP contribution in [-0.2, 0) is 16.1 Å². The highest BCUT2D eigenvalue weighted by Crippen LogP contribution is 2.10. The molecule has 6 heteroatoms. The van der Waals surface area contributed by atoms with E-state index < -0.39 is 5.97 Å². The van der Waals surface area contributed by atoms with Gasteiger partial charge in [-0.05, 0) is 31.5 Å². The van der Waals surface area contributed by atoms with E-state index in [0.717, 1.165) is 5.56 Å². The van der Waals surface area contributed by atoms with Gasteiger partial charge in [0.2, 0.25) is 5.91 Å². The Bertz CT molecular complexity index is 477. The molecule has 1 rings (SSSR count). The summed E-state index contributed by atoms with van der Waals surface area (Å²) in [4.78, 5) is 24.1. The van der Waals surface area contributed by atoms with E-state index in [4.69, 9.17) is 16.7 Å². The molecule has 0 saturated carbocycles. The van der Waals surface area contributed by atoms with E-state index in [1.807, 2.05) is 26.0 Å². The first-order chi connectivity index (χ1) is 9.38. The van der Waals surface area contributed by atoms with Gasteiger partial charge < -0.3 is 10.4 Å². The number of benzene rings is 1. The van der Waals surface area contributed by atoms with Crippen LogP contribution in [0.1, 0.15) is 19.4 Å². The number of rotatable bonds is 7. The Kier molecular flexibility index (Phi) is 6.48. The summed E-state index contributed by atoms with van der Waals surface area (Å²) < 4.78 is 0. The predicted molar refractivity (Wildman–Crippen MR) is 77.6 cm³/mol. The molecule has 0 atom stereocenters. The van der Waals surface area contributed by atoms with E-state index in [1.165, 1.54) is 0 Å². The molecular weight excluding hydrogens is 280 g/mol. The van der Waals surface area contributed by atoms with Gasteiger partial charge in [-0.15, -0.1) is 0 Å². The van der Waals surface area contributed by atoms with Crippen LogP contribution in [0.4, 0.5) is 0 Å². The molecule has 0 radical (unpaired) electrons. The molecule has 0 aromatic heterocycles. The van der Waals surface area contributed by atoms with Crippen molar-refractivity contribution in [3.63, 3.8) is 0 Å². The zero-order valence-electron chi connectivity index (χ0n) is 11.6. The summed E-state index contributed by atoms with van der Waals surface area (Å²) >= 11 is 5.86. The minimum Gasteiger partial charge on any atom is -0.480 e. The number of nitrogens with zero attached hydrogens (tertiary/aromatic N) is 1. The van der Waals surface area contributed by atoms with Crippen molar-refractivity contribution in [2.75, 3.05) is 13.1 Å². The quantitative estimate of drug-likeness (QED) is 0.804. The first-order valence-corrected chi connectivity index (χ1v) is 6.73. The van der Waals surface area contributed by atoms with E-state index >= 15 is 0 Å². The molecule has 1 aromatic rings. The van der Waals surface area contributed by atoms with Crippen molar-refractivity contribution >= 4 is 23.5 Å². The zero-order chi connectivity index (χ0) is 15.1. The van der Waals surface area contributed by atoms with Gasteiger partial charge in [0.25, 0.3) is 0 Å². The monoisotopic (exact) mass is 298 g/mol. The van der Waals surface area contributed by atoms with Gasteiger partial charge in [-0.2, -0.15) is 0 Å². The minimum atomic E-state index is -0.943. The number of carboxylic acid groups (broad SMARTS) is 1. The molecule has 110 valence electrons. The van der Waals surface area contributed by atoms with Gasteiger partial charge in [-0.1, -0.05) is 23.7 Å². The second-order valence-electron chi connectivity index (χ2n) is 4.80. The van der Waals surface area contributed by atoms with E-state index in [0.29, 0.717) is 11.6 Å². The molecule has 0 heterocycles. The number of nitrogens with one attached hydrogen (secondary N) is 1. The van der Waals surface area contributed by atoms with Gasteiger partial charge in [0.05, 0.1) is 13.1 Å². The minimum absolute atomic E-state index is 0.0111. The molecule has 20 heavy (non-hydrogen) atoms. The fourth-order valence-corrected chi connectivity index (χ4v) is 1.90. The Morgan fingerprint density at radius 1 is 1.35 bits per heavy atom. The van der Waals surface area contributed by atoms with Crippen molar-refractivity contribution < 1.29 is 14.7 Å². The second kappa shape index (κ2) is 7.87. The first kappa shape index (κ1) is 16.5. The molecule has 0 fully saturated rings. The smallest absolute Gasteiger partial charge is 0.317 e. The lowest BCUT2D eigenvalue weighted by atomic mass is 10.2. The van der Waals surface area contributed by atoms with Crippen molar-refractivity contribution in [2.45, 2.75) is 26.4 Å². The molecule has 2 N–H and O–H groups in total. The van der Waals surface area contributed by atoms with Crippen molar-refractivity contribution in [3.8, 4) is 0 Å². The summed E-state index contributed by atoms with van der Waals surface area (Å²) in [5.74, 6) is -1.15. The highest BCUT2D eigenvalue weighted by atomic mass is 35.5. The zero-order valence-corrected chi connectivity index (χ0v) is 12.4. The van der Waals surface area contributed by atoms with Gasteiger partial charge in [-0.25, -0.2) is 0 Å². The van der Waals surface area contributed by atoms with Crippen LogP contribution in [0.5, 0.6) is 0 Å². The van der Waals surface area contributed by atoms with Crippen LogP contribution in [0, 0.1) is 0 Å². The third-order valence-electron chi connectivity index (χ3n) is 2.79. The Morgan fingerprint density at radius 3 is 2.60 bits per heavy atom. The molecule has 0 bridgehead atoms. The highest BCUT2D eigenvalue weighted by Gasteiger charge is 2.16. The number of carbonyl (C=O) groups is 2. The van der Waals surface area contributed by atoms with Crippen molar-refractivity contribution in [1.82, 2.24) is 10.2 Å². The van der Waals surface area contributed by atoms with Crippen molar-refractivity contribution in [3.05, 3.63) is 34.9 Å². The second-order valence-corrected chi connectivity index (χ2v) is 5.24. The Hall–Kier alpha value is -1.59. The average Bonchev–Trinajstić information content (AvgIpc) is 2.35. The van der Waals surface area contributed by atoms with Crippen LogP contribution in [0.2, 0.25) is 5.02 Å². The third-order valence-corrected chi connectivity index (χ3v) is 3.03. The number of amides is 1. The van der Waals surface area contributed by atoms with Crippen LogP contribution >= 0.6 is 11.6 Å². The molecule has 0 aliphatic rings. The van der Waals surface area contributed by atoms with E-state index in [1.54, 1.807) is 17.0 Å². The topological polar surface area (TPSA) is 69.6 Å². The lowest BCUT2D eigenvalue weighted by Gasteiger charge is -2.23. The SMILES string of the molecule is CC(C)N(CC(=O)O)CC(=O)NCc1cccc(Cl)c1. The van der Waals surface area contributed by atoms with Crippen LogP contribution < -0.4 is 5.32 Å². The molecule has 0 aliphatic heterocycles. The van der Waals surface area contributed by atoms with Gasteiger partial charge >= 0.3 is 5.97 Å². The molecule has 0 unspecified atom stereocenters. The van der Waals surface area contributed by atoms with E-state index in [9.17, 15) is 9.59 Å². The normalized spacial score (nSPS) is 10.8. The van der Waals surface area contributed by atoms with Crippen molar-refractivity contribution in [1.29, 1.82) is 0 Å². The standard InChI is InChI=1S/C14H19ClN2O3/c1-10(2)17(9-14(19)20)8-13(18)16-7-11-4-3-5-12(15)6-11/h3-6,10H,7-9H2,1-2H3,(H,16,18)(H,19,20). The summed E-state index contributed by atoms with van der Waals surface area (Å²) in [6.07, 6.45) is 0. The first-order valence-electron chi connectivity index (χ1n) is 6.35. The third kappa shape index (κ3) is 6.04. The number of halogens is 1. The van der Waals surface area contributed by atoms with Gasteiger partial charge in [0, 0.05) is 17.6 Å². The van der Waals surface area contributed by atoms with Crippen molar-refractivity contribution in [2.24, 2.45) is 0 Å². The fraction of sp³-hybridized carbons (Fsp3) is 0.429. The lowest BCUT2D eigenvalue weighted by Crippen LogP contribution is -2.43. The van der Waals surface area contributed by atoms with Crippen LogP contribution in [-0.4, -0.2) is 41.0 Å². The van der Waals surface area contributed by atoms with Gasteiger partial charge in [0.1, 0.15) is 0 Å². The Labute approximate surface area is 123 Å². The number of hydrogen-bond donors (Lipinski definition) is 2. The number of hydrogen-bond acceptors (Lipinski definition) is 3. The summed E-state index contributed by atoms with van der Waals surface area (Å²) in [6, 6.07) is 7.21. The summed E-state index contributed by atoms with van der Waals surface area (Å²) in [5.41, 5.74) is 0.903. The van der Waals surface area contributed by atoms with E-state index in [2.05, 4.69) is 5.32 Å². The lowest BCUT2D eigenvalue weighted by molar-refractivity contribution is -0.139. The molecule has 1 aromatic carbocycles. The number of carbonyl (C=O) groups excluding carboxylic acids is 1. The maximum atomic E-state index is 11.8. The molecule has 5 nitrogen and oxygen atoms in total. The van der Waals surface area contributed by atoms with Crippen LogP contribution in [0.3, 0.4) is 0 Å². The largest absolute Gasteiger partial charge is 0.480 e. The van der Waals surface area contributed by atoms with E-state index in [-0.39, 0.29) is 25.0 Å². The maximum Gasteiger partial charge on any atom is 0.317 e. The average molecular weight is 299 g/mol. The molecular formula is C14H19ClN2O3. The summed E-state index contributed by atoms with van der Waals surface area (Å²) in [5, 5.41) is 12.2. The predicted octanol–water partition coefficient (Wildman–Crippen LogP) is 1.75. The summed E-state index contributed by atoms with van der Waals surface area (Å²) in [7, 11) is 0. The van der Waals surface area contributed by atoms with Crippen LogP contribution in [0.15, 0.2) is 24.3 Å². The van der Waals surface area contributed by atoms with Gasteiger partial charge in [0.15, 0.2) is 0 Å². The molecule has 0 spiro atoms. The molecule has 0 saturated heterocycles. The summed E-state index contributed by atoms with van der Waals surface area (Å²) in [6.45, 7) is 3.99. The number of aliphatic carboxylic acids is 1. The molecule has 0 aliphatic carbocycles. The molecule has 1 amide bonds.